The summed E-state index contributed by atoms with van der Waals surface area (Å²) in [6, 6.07) is 10.3. The van der Waals surface area contributed by atoms with E-state index < -0.39 is 11.9 Å². The number of hydrazone groups is 1. The van der Waals surface area contributed by atoms with E-state index in [0.29, 0.717) is 25.9 Å². The van der Waals surface area contributed by atoms with Crippen molar-refractivity contribution in [2.45, 2.75) is 38.1 Å². The van der Waals surface area contributed by atoms with Crippen LogP contribution in [0.5, 0.6) is 0 Å². The predicted octanol–water partition coefficient (Wildman–Crippen LogP) is 2.66. The van der Waals surface area contributed by atoms with Crippen molar-refractivity contribution >= 4 is 17.5 Å². The van der Waals surface area contributed by atoms with Crippen LogP contribution in [0, 0.1) is 11.8 Å². The Morgan fingerprint density at radius 1 is 1.22 bits per heavy atom. The largest absolute Gasteiger partial charge is 0.468 e. The molecule has 0 radical (unpaired) electrons. The van der Waals surface area contributed by atoms with Crippen molar-refractivity contribution in [2.75, 3.05) is 27.4 Å². The Balaban J connectivity index is 1.86. The van der Waals surface area contributed by atoms with Gasteiger partial charge < -0.3 is 9.47 Å². The lowest BCUT2D eigenvalue weighted by Crippen LogP contribution is -2.31. The highest BCUT2D eigenvalue weighted by molar-refractivity contribution is 6.04. The van der Waals surface area contributed by atoms with E-state index in [4.69, 9.17) is 14.6 Å². The number of carbonyl (C=O) groups excluding carboxylic acids is 2. The first-order valence-corrected chi connectivity index (χ1v) is 9.63. The summed E-state index contributed by atoms with van der Waals surface area (Å²) >= 11 is 0. The minimum atomic E-state index is -0.669. The highest BCUT2D eigenvalue weighted by atomic mass is 16.5. The van der Waals surface area contributed by atoms with Gasteiger partial charge in [-0.2, -0.15) is 5.10 Å². The van der Waals surface area contributed by atoms with Gasteiger partial charge in [0.05, 0.1) is 25.5 Å². The minimum absolute atomic E-state index is 0.0160. The molecule has 2 fully saturated rings. The number of ketones is 1. The standard InChI is InChI=1S/C21H28N2O4/c1-26-14-17-9-6-12-23(17)22-18(15-7-4-3-5-8-15)13-16-10-11-19(24)20(16)21(25)27-2/h3-5,7-8,16-17,20H,6,9-14H2,1-2H3/b22-18+/t16-,17+,20-/m1/s1. The second-order valence-electron chi connectivity index (χ2n) is 7.30. The number of rotatable bonds is 7. The van der Waals surface area contributed by atoms with E-state index in [-0.39, 0.29) is 17.7 Å². The van der Waals surface area contributed by atoms with Gasteiger partial charge >= 0.3 is 5.97 Å². The number of hydrogen-bond donors (Lipinski definition) is 0. The second kappa shape index (κ2) is 9.13. The van der Waals surface area contributed by atoms with E-state index in [1.165, 1.54) is 7.11 Å². The Bertz CT molecular complexity index is 689. The Kier molecular flexibility index (Phi) is 6.61. The van der Waals surface area contributed by atoms with Gasteiger partial charge in [-0.1, -0.05) is 30.3 Å². The number of methoxy groups -OCH3 is 2. The van der Waals surface area contributed by atoms with E-state index in [1.54, 1.807) is 7.11 Å². The second-order valence-corrected chi connectivity index (χ2v) is 7.30. The zero-order valence-corrected chi connectivity index (χ0v) is 16.1. The van der Waals surface area contributed by atoms with Crippen molar-refractivity contribution < 1.29 is 19.1 Å². The first kappa shape index (κ1) is 19.5. The Hall–Kier alpha value is -2.21. The van der Waals surface area contributed by atoms with Gasteiger partial charge in [-0.25, -0.2) is 0 Å². The molecule has 6 heteroatoms. The van der Waals surface area contributed by atoms with E-state index >= 15 is 0 Å². The van der Waals surface area contributed by atoms with Crippen LogP contribution in [0.3, 0.4) is 0 Å². The molecule has 3 atom stereocenters. The molecular weight excluding hydrogens is 344 g/mol. The quantitative estimate of drug-likeness (QED) is 0.418. The first-order valence-electron chi connectivity index (χ1n) is 9.63. The molecular formula is C21H28N2O4. The fourth-order valence-electron chi connectivity index (χ4n) is 4.15. The summed E-state index contributed by atoms with van der Waals surface area (Å²) in [5.41, 5.74) is 1.95. The number of ether oxygens (including phenoxy) is 2. The summed E-state index contributed by atoms with van der Waals surface area (Å²) in [5, 5.41) is 7.07. The topological polar surface area (TPSA) is 68.2 Å². The number of carbonyl (C=O) groups is 2. The SMILES string of the molecule is COC[C@@H]1CCCN1/N=C(\C[C@H]1CCC(=O)[C@@H]1C(=O)OC)c1ccccc1. The minimum Gasteiger partial charge on any atom is -0.468 e. The highest BCUT2D eigenvalue weighted by Gasteiger charge is 2.41. The molecule has 1 aromatic carbocycles. The smallest absolute Gasteiger partial charge is 0.316 e. The van der Waals surface area contributed by atoms with Crippen LogP contribution in [-0.2, 0) is 19.1 Å². The molecule has 0 unspecified atom stereocenters. The molecule has 0 bridgehead atoms. The van der Waals surface area contributed by atoms with Crippen LogP contribution in [0.15, 0.2) is 35.4 Å². The van der Waals surface area contributed by atoms with Gasteiger partial charge in [0.2, 0.25) is 0 Å². The molecule has 1 saturated heterocycles. The summed E-state index contributed by atoms with van der Waals surface area (Å²) in [7, 11) is 3.06. The highest BCUT2D eigenvalue weighted by Crippen LogP contribution is 2.34. The Morgan fingerprint density at radius 3 is 2.70 bits per heavy atom. The first-order chi connectivity index (χ1) is 13.1. The van der Waals surface area contributed by atoms with Crippen LogP contribution in [0.25, 0.3) is 0 Å². The van der Waals surface area contributed by atoms with Crippen molar-refractivity contribution in [1.82, 2.24) is 5.01 Å². The van der Waals surface area contributed by atoms with Crippen LogP contribution in [-0.4, -0.2) is 55.9 Å². The van der Waals surface area contributed by atoms with Gasteiger partial charge in [0.1, 0.15) is 11.7 Å². The number of benzene rings is 1. The molecule has 0 aromatic heterocycles. The zero-order chi connectivity index (χ0) is 19.2. The summed E-state index contributed by atoms with van der Waals surface area (Å²) < 4.78 is 10.2. The van der Waals surface area contributed by atoms with E-state index in [0.717, 1.165) is 30.7 Å². The average molecular weight is 372 g/mol. The lowest BCUT2D eigenvalue weighted by Gasteiger charge is -2.24. The van der Waals surface area contributed by atoms with Gasteiger partial charge in [0.25, 0.3) is 0 Å². The lowest BCUT2D eigenvalue weighted by atomic mass is 9.88. The van der Waals surface area contributed by atoms with Crippen LogP contribution < -0.4 is 0 Å². The van der Waals surface area contributed by atoms with Crippen molar-refractivity contribution in [3.8, 4) is 0 Å². The van der Waals surface area contributed by atoms with Crippen LogP contribution >= 0.6 is 0 Å². The molecule has 0 amide bonds. The molecule has 0 spiro atoms. The fraction of sp³-hybridized carbons (Fsp3) is 0.571. The van der Waals surface area contributed by atoms with Gasteiger partial charge in [-0.05, 0) is 37.2 Å². The number of nitrogens with zero attached hydrogens (tertiary/aromatic N) is 2. The van der Waals surface area contributed by atoms with Gasteiger partial charge in [-0.3, -0.25) is 14.6 Å². The third-order valence-electron chi connectivity index (χ3n) is 5.55. The summed E-state index contributed by atoms with van der Waals surface area (Å²) in [6.07, 6.45) is 3.87. The Labute approximate surface area is 160 Å². The van der Waals surface area contributed by atoms with Crippen LogP contribution in [0.1, 0.15) is 37.7 Å². The Morgan fingerprint density at radius 2 is 2.00 bits per heavy atom. The van der Waals surface area contributed by atoms with E-state index in [1.807, 2.05) is 30.3 Å². The molecule has 146 valence electrons. The number of Topliss-reactive ketones (excluding diaryl/α,β-unsaturated/α-hetero) is 1. The molecule has 1 aliphatic heterocycles. The molecule has 1 aromatic rings. The molecule has 1 saturated carbocycles. The zero-order valence-electron chi connectivity index (χ0n) is 16.1. The molecule has 1 heterocycles. The molecule has 6 nitrogen and oxygen atoms in total. The molecule has 0 N–H and O–H groups in total. The number of esters is 1. The normalized spacial score (nSPS) is 25.9. The molecule has 1 aliphatic carbocycles. The van der Waals surface area contributed by atoms with E-state index in [2.05, 4.69) is 5.01 Å². The summed E-state index contributed by atoms with van der Waals surface area (Å²) in [6.45, 7) is 1.55. The summed E-state index contributed by atoms with van der Waals surface area (Å²) in [4.78, 5) is 24.3. The maximum Gasteiger partial charge on any atom is 0.316 e. The lowest BCUT2D eigenvalue weighted by molar-refractivity contribution is -0.149. The van der Waals surface area contributed by atoms with E-state index in [9.17, 15) is 9.59 Å². The summed E-state index contributed by atoms with van der Waals surface area (Å²) in [5.74, 6) is -1.17. The van der Waals surface area contributed by atoms with Gasteiger partial charge in [0.15, 0.2) is 0 Å². The molecule has 2 aliphatic rings. The third kappa shape index (κ3) is 4.56. The van der Waals surface area contributed by atoms with Crippen molar-refractivity contribution in [2.24, 2.45) is 16.9 Å². The fourth-order valence-corrected chi connectivity index (χ4v) is 4.15. The third-order valence-corrected chi connectivity index (χ3v) is 5.55. The maximum absolute atomic E-state index is 12.2. The van der Waals surface area contributed by atoms with Crippen molar-refractivity contribution in [3.05, 3.63) is 35.9 Å². The maximum atomic E-state index is 12.2. The molecule has 27 heavy (non-hydrogen) atoms. The van der Waals surface area contributed by atoms with Gasteiger partial charge in [-0.15, -0.1) is 0 Å². The molecule has 3 rings (SSSR count). The van der Waals surface area contributed by atoms with Crippen molar-refractivity contribution in [3.63, 3.8) is 0 Å². The van der Waals surface area contributed by atoms with Gasteiger partial charge in [0, 0.05) is 20.1 Å². The average Bonchev–Trinajstić information content (AvgIpc) is 3.28. The van der Waals surface area contributed by atoms with Crippen molar-refractivity contribution in [1.29, 1.82) is 0 Å². The monoisotopic (exact) mass is 372 g/mol. The van der Waals surface area contributed by atoms with Crippen LogP contribution in [0.2, 0.25) is 0 Å². The number of hydrogen-bond acceptors (Lipinski definition) is 6. The predicted molar refractivity (Wildman–Crippen MR) is 102 cm³/mol. The van der Waals surface area contributed by atoms with Crippen LogP contribution in [0.4, 0.5) is 0 Å².